The third kappa shape index (κ3) is 4.01. The zero-order valence-corrected chi connectivity index (χ0v) is 13.9. The molecule has 0 spiro atoms. The number of hydrogen-bond donors (Lipinski definition) is 2. The Kier molecular flexibility index (Phi) is 4.60. The average molecular weight is 310 g/mol. The lowest BCUT2D eigenvalue weighted by molar-refractivity contribution is 0.104. The van der Waals surface area contributed by atoms with Gasteiger partial charge in [0.1, 0.15) is 11.5 Å². The van der Waals surface area contributed by atoms with E-state index in [4.69, 9.17) is 0 Å². The lowest BCUT2D eigenvalue weighted by Crippen LogP contribution is -2.10. The van der Waals surface area contributed by atoms with E-state index in [1.54, 1.807) is 24.3 Å². The van der Waals surface area contributed by atoms with Gasteiger partial charge in [0.05, 0.1) is 5.56 Å². The number of aliphatic hydroxyl groups is 1. The van der Waals surface area contributed by atoms with Gasteiger partial charge in [-0.15, -0.1) is 0 Å². The Labute approximate surface area is 136 Å². The number of allylic oxidation sites excluding steroid dienone is 1. The van der Waals surface area contributed by atoms with Crippen molar-refractivity contribution in [2.24, 2.45) is 0 Å². The molecule has 2 aromatic carbocycles. The molecule has 0 heterocycles. The molecule has 0 aromatic heterocycles. The molecule has 0 fully saturated rings. The van der Waals surface area contributed by atoms with Crippen molar-refractivity contribution in [1.82, 2.24) is 0 Å². The van der Waals surface area contributed by atoms with E-state index in [1.165, 1.54) is 6.07 Å². The number of aryl methyl sites for hydroxylation is 1. The first-order valence-corrected chi connectivity index (χ1v) is 7.54. The SMILES string of the molecule is Cc1ccc(C(=O)C=C(O)c2ccc(C(C)(C)C)cc2)c(O)c1. The van der Waals surface area contributed by atoms with Gasteiger partial charge in [-0.1, -0.05) is 51.1 Å². The summed E-state index contributed by atoms with van der Waals surface area (Å²) < 4.78 is 0. The Bertz CT molecular complexity index is 747. The molecule has 0 atom stereocenters. The molecule has 0 saturated carbocycles. The van der Waals surface area contributed by atoms with Crippen LogP contribution in [-0.4, -0.2) is 16.0 Å². The van der Waals surface area contributed by atoms with E-state index in [9.17, 15) is 15.0 Å². The first-order valence-electron chi connectivity index (χ1n) is 7.54. The minimum Gasteiger partial charge on any atom is -0.507 e. The van der Waals surface area contributed by atoms with E-state index in [2.05, 4.69) is 20.8 Å². The summed E-state index contributed by atoms with van der Waals surface area (Å²) in [7, 11) is 0. The third-order valence-electron chi connectivity index (χ3n) is 3.73. The topological polar surface area (TPSA) is 57.5 Å². The van der Waals surface area contributed by atoms with Crippen molar-refractivity contribution in [3.8, 4) is 5.75 Å². The molecule has 0 radical (unpaired) electrons. The predicted molar refractivity (Wildman–Crippen MR) is 92.9 cm³/mol. The van der Waals surface area contributed by atoms with Crippen molar-refractivity contribution >= 4 is 11.5 Å². The maximum atomic E-state index is 12.2. The molecule has 120 valence electrons. The van der Waals surface area contributed by atoms with Crippen molar-refractivity contribution in [3.05, 3.63) is 70.8 Å². The number of benzene rings is 2. The van der Waals surface area contributed by atoms with E-state index in [0.29, 0.717) is 5.56 Å². The van der Waals surface area contributed by atoms with Gasteiger partial charge < -0.3 is 10.2 Å². The van der Waals surface area contributed by atoms with Gasteiger partial charge >= 0.3 is 0 Å². The Morgan fingerprint density at radius 3 is 2.17 bits per heavy atom. The highest BCUT2D eigenvalue weighted by Gasteiger charge is 2.14. The van der Waals surface area contributed by atoms with Crippen LogP contribution in [0.5, 0.6) is 5.75 Å². The highest BCUT2D eigenvalue weighted by molar-refractivity contribution is 6.09. The molecule has 0 unspecified atom stereocenters. The number of aromatic hydroxyl groups is 1. The van der Waals surface area contributed by atoms with Gasteiger partial charge in [-0.3, -0.25) is 4.79 Å². The number of aliphatic hydroxyl groups excluding tert-OH is 1. The van der Waals surface area contributed by atoms with Gasteiger partial charge in [-0.2, -0.15) is 0 Å². The summed E-state index contributed by atoms with van der Waals surface area (Å²) in [5, 5.41) is 20.0. The van der Waals surface area contributed by atoms with Crippen LogP contribution in [0.15, 0.2) is 48.5 Å². The van der Waals surface area contributed by atoms with Crippen molar-refractivity contribution in [3.63, 3.8) is 0 Å². The fourth-order valence-electron chi connectivity index (χ4n) is 2.28. The number of phenolic OH excluding ortho intramolecular Hbond substituents is 1. The van der Waals surface area contributed by atoms with Crippen LogP contribution in [0.1, 0.15) is 47.8 Å². The second kappa shape index (κ2) is 6.29. The monoisotopic (exact) mass is 310 g/mol. The predicted octanol–water partition coefficient (Wildman–Crippen LogP) is 4.78. The molecule has 0 aliphatic carbocycles. The van der Waals surface area contributed by atoms with E-state index in [-0.39, 0.29) is 22.5 Å². The molecular weight excluding hydrogens is 288 g/mol. The van der Waals surface area contributed by atoms with Crippen molar-refractivity contribution < 1.29 is 15.0 Å². The normalized spacial score (nSPS) is 12.3. The molecule has 0 aliphatic rings. The number of hydrogen-bond acceptors (Lipinski definition) is 3. The number of rotatable bonds is 3. The van der Waals surface area contributed by atoms with E-state index in [0.717, 1.165) is 17.2 Å². The van der Waals surface area contributed by atoms with Crippen LogP contribution in [-0.2, 0) is 5.41 Å². The first kappa shape index (κ1) is 16.8. The maximum absolute atomic E-state index is 12.2. The quantitative estimate of drug-likeness (QED) is 0.487. The molecule has 2 aromatic rings. The van der Waals surface area contributed by atoms with Gasteiger partial charge in [-0.25, -0.2) is 0 Å². The Hall–Kier alpha value is -2.55. The summed E-state index contributed by atoms with van der Waals surface area (Å²) in [4.78, 5) is 12.2. The molecule has 23 heavy (non-hydrogen) atoms. The first-order chi connectivity index (χ1) is 10.7. The van der Waals surface area contributed by atoms with Crippen LogP contribution in [0.3, 0.4) is 0 Å². The van der Waals surface area contributed by atoms with Crippen LogP contribution in [0, 0.1) is 6.92 Å². The van der Waals surface area contributed by atoms with Gasteiger partial charge in [0, 0.05) is 11.6 Å². The molecule has 0 aliphatic heterocycles. The largest absolute Gasteiger partial charge is 0.507 e. The highest BCUT2D eigenvalue weighted by atomic mass is 16.3. The fourth-order valence-corrected chi connectivity index (χ4v) is 2.28. The van der Waals surface area contributed by atoms with Gasteiger partial charge in [0.15, 0.2) is 5.78 Å². The second-order valence-electron chi connectivity index (χ2n) is 6.74. The summed E-state index contributed by atoms with van der Waals surface area (Å²) in [6, 6.07) is 12.3. The summed E-state index contributed by atoms with van der Waals surface area (Å²) in [5.41, 5.74) is 2.79. The molecule has 3 nitrogen and oxygen atoms in total. The van der Waals surface area contributed by atoms with Crippen molar-refractivity contribution in [2.75, 3.05) is 0 Å². The molecule has 0 saturated heterocycles. The second-order valence-corrected chi connectivity index (χ2v) is 6.74. The molecule has 0 amide bonds. The van der Waals surface area contributed by atoms with Crippen LogP contribution < -0.4 is 0 Å². The van der Waals surface area contributed by atoms with Crippen molar-refractivity contribution in [2.45, 2.75) is 33.1 Å². The molecule has 2 rings (SSSR count). The van der Waals surface area contributed by atoms with Gasteiger partial charge in [0.25, 0.3) is 0 Å². The number of phenols is 1. The van der Waals surface area contributed by atoms with E-state index < -0.39 is 5.78 Å². The molecule has 2 N–H and O–H groups in total. The molecule has 0 bridgehead atoms. The number of ketones is 1. The lowest BCUT2D eigenvalue weighted by atomic mass is 9.86. The van der Waals surface area contributed by atoms with Gasteiger partial charge in [-0.05, 0) is 35.6 Å². The smallest absolute Gasteiger partial charge is 0.193 e. The van der Waals surface area contributed by atoms with Crippen LogP contribution >= 0.6 is 0 Å². The van der Waals surface area contributed by atoms with Crippen LogP contribution in [0.2, 0.25) is 0 Å². The standard InChI is InChI=1S/C20H22O3/c1-13-5-10-16(18(22)11-13)19(23)12-17(21)14-6-8-15(9-7-14)20(2,3)4/h5-12,21-22H,1-4H3. The van der Waals surface area contributed by atoms with Gasteiger partial charge in [0.2, 0.25) is 0 Å². The summed E-state index contributed by atoms with van der Waals surface area (Å²) in [6.45, 7) is 8.17. The van der Waals surface area contributed by atoms with E-state index in [1.807, 2.05) is 19.1 Å². The average Bonchev–Trinajstić information content (AvgIpc) is 2.46. The highest BCUT2D eigenvalue weighted by Crippen LogP contribution is 2.25. The Morgan fingerprint density at radius 1 is 1.04 bits per heavy atom. The van der Waals surface area contributed by atoms with Crippen LogP contribution in [0.4, 0.5) is 0 Å². The fraction of sp³-hybridized carbons (Fsp3) is 0.250. The zero-order chi connectivity index (χ0) is 17.2. The summed E-state index contributed by atoms with van der Waals surface area (Å²) in [6.07, 6.45) is 1.14. The summed E-state index contributed by atoms with van der Waals surface area (Å²) in [5.74, 6) is -0.627. The Morgan fingerprint density at radius 2 is 1.65 bits per heavy atom. The zero-order valence-electron chi connectivity index (χ0n) is 13.9. The molecule has 3 heteroatoms. The van der Waals surface area contributed by atoms with Crippen molar-refractivity contribution in [1.29, 1.82) is 0 Å². The molecular formula is C20H22O3. The summed E-state index contributed by atoms with van der Waals surface area (Å²) >= 11 is 0. The lowest BCUT2D eigenvalue weighted by Gasteiger charge is -2.19. The minimum absolute atomic E-state index is 0.0291. The van der Waals surface area contributed by atoms with E-state index >= 15 is 0 Å². The minimum atomic E-state index is -0.431. The number of carbonyl (C=O) groups is 1. The third-order valence-corrected chi connectivity index (χ3v) is 3.73. The maximum Gasteiger partial charge on any atom is 0.193 e. The number of carbonyl (C=O) groups excluding carboxylic acids is 1. The van der Waals surface area contributed by atoms with Crippen LogP contribution in [0.25, 0.3) is 5.76 Å². The Balaban J connectivity index is 2.27.